The third-order valence-electron chi connectivity index (χ3n) is 2.33. The highest BCUT2D eigenvalue weighted by Crippen LogP contribution is 2.15. The third-order valence-corrected chi connectivity index (χ3v) is 3.28. The number of carboxylic acid groups (broad SMARTS) is 1. The van der Waals surface area contributed by atoms with Crippen molar-refractivity contribution in [2.24, 2.45) is 0 Å². The zero-order chi connectivity index (χ0) is 9.68. The molecule has 0 aliphatic carbocycles. The van der Waals surface area contributed by atoms with Gasteiger partial charge in [-0.2, -0.15) is 11.8 Å². The van der Waals surface area contributed by atoms with Crippen LogP contribution < -0.4 is 0 Å². The van der Waals surface area contributed by atoms with Crippen LogP contribution in [0.15, 0.2) is 0 Å². The van der Waals surface area contributed by atoms with Crippen molar-refractivity contribution in [3.63, 3.8) is 0 Å². The molecule has 1 heterocycles. The van der Waals surface area contributed by atoms with E-state index in [9.17, 15) is 4.79 Å². The lowest BCUT2D eigenvalue weighted by atomic mass is 10.1. The summed E-state index contributed by atoms with van der Waals surface area (Å²) >= 11 is 1.91. The average molecular weight is 203 g/mol. The number of aliphatic carboxylic acids is 1. The Bertz CT molecular complexity index is 169. The van der Waals surface area contributed by atoms with E-state index in [0.717, 1.165) is 37.4 Å². The molecule has 0 spiro atoms. The van der Waals surface area contributed by atoms with E-state index in [1.165, 1.54) is 0 Å². The van der Waals surface area contributed by atoms with Gasteiger partial charge < -0.3 is 5.11 Å². The lowest BCUT2D eigenvalue weighted by Gasteiger charge is -2.31. The molecule has 0 aromatic carbocycles. The zero-order valence-corrected chi connectivity index (χ0v) is 8.85. The van der Waals surface area contributed by atoms with Crippen LogP contribution in [0.5, 0.6) is 0 Å². The van der Waals surface area contributed by atoms with Gasteiger partial charge in [0.05, 0.1) is 0 Å². The standard InChI is InChI=1S/C9H17NO2S/c1-2-3-8(9(11)12)10-4-6-13-7-5-10/h8H,2-7H2,1H3,(H,11,12). The summed E-state index contributed by atoms with van der Waals surface area (Å²) in [6, 6.07) is -0.245. The van der Waals surface area contributed by atoms with Gasteiger partial charge in [-0.3, -0.25) is 9.69 Å². The van der Waals surface area contributed by atoms with Crippen LogP contribution in [0.4, 0.5) is 0 Å². The Balaban J connectivity index is 2.46. The van der Waals surface area contributed by atoms with Gasteiger partial charge in [0.15, 0.2) is 0 Å². The minimum Gasteiger partial charge on any atom is -0.480 e. The van der Waals surface area contributed by atoms with Crippen LogP contribution in [0.2, 0.25) is 0 Å². The van der Waals surface area contributed by atoms with Crippen molar-refractivity contribution in [2.45, 2.75) is 25.8 Å². The Morgan fingerprint density at radius 3 is 2.62 bits per heavy atom. The molecule has 1 aliphatic rings. The van der Waals surface area contributed by atoms with Crippen LogP contribution in [0.25, 0.3) is 0 Å². The van der Waals surface area contributed by atoms with E-state index in [0.29, 0.717) is 0 Å². The summed E-state index contributed by atoms with van der Waals surface area (Å²) in [5.41, 5.74) is 0. The molecule has 0 bridgehead atoms. The van der Waals surface area contributed by atoms with E-state index < -0.39 is 5.97 Å². The van der Waals surface area contributed by atoms with E-state index in [2.05, 4.69) is 4.90 Å². The maximum Gasteiger partial charge on any atom is 0.320 e. The van der Waals surface area contributed by atoms with E-state index in [-0.39, 0.29) is 6.04 Å². The van der Waals surface area contributed by atoms with Crippen molar-refractivity contribution in [1.82, 2.24) is 4.90 Å². The Morgan fingerprint density at radius 1 is 1.54 bits per heavy atom. The lowest BCUT2D eigenvalue weighted by molar-refractivity contribution is -0.143. The topological polar surface area (TPSA) is 40.5 Å². The molecular formula is C9H17NO2S. The van der Waals surface area contributed by atoms with Crippen molar-refractivity contribution in [2.75, 3.05) is 24.6 Å². The Hall–Kier alpha value is -0.220. The smallest absolute Gasteiger partial charge is 0.320 e. The molecule has 1 unspecified atom stereocenters. The van der Waals surface area contributed by atoms with E-state index >= 15 is 0 Å². The molecule has 0 saturated carbocycles. The van der Waals surface area contributed by atoms with Crippen LogP contribution >= 0.6 is 11.8 Å². The number of carboxylic acids is 1. The number of hydrogen-bond donors (Lipinski definition) is 1. The van der Waals surface area contributed by atoms with Crippen molar-refractivity contribution < 1.29 is 9.90 Å². The molecule has 1 rings (SSSR count). The van der Waals surface area contributed by atoms with E-state index in [1.54, 1.807) is 0 Å². The molecule has 1 fully saturated rings. The summed E-state index contributed by atoms with van der Waals surface area (Å²) in [7, 11) is 0. The van der Waals surface area contributed by atoms with Crippen LogP contribution in [-0.2, 0) is 4.79 Å². The van der Waals surface area contributed by atoms with Gasteiger partial charge in [-0.25, -0.2) is 0 Å². The average Bonchev–Trinajstić information content (AvgIpc) is 2.15. The summed E-state index contributed by atoms with van der Waals surface area (Å²) in [4.78, 5) is 13.0. The lowest BCUT2D eigenvalue weighted by Crippen LogP contribution is -2.45. The van der Waals surface area contributed by atoms with Gasteiger partial charge in [0.25, 0.3) is 0 Å². The molecule has 4 heteroatoms. The third kappa shape index (κ3) is 3.19. The predicted molar refractivity (Wildman–Crippen MR) is 55.2 cm³/mol. The molecule has 13 heavy (non-hydrogen) atoms. The molecule has 1 N–H and O–H groups in total. The van der Waals surface area contributed by atoms with Crippen LogP contribution in [0, 0.1) is 0 Å². The summed E-state index contributed by atoms with van der Waals surface area (Å²) in [5, 5.41) is 9.01. The predicted octanol–water partition coefficient (Wildman–Crippen LogP) is 1.29. The van der Waals surface area contributed by atoms with Gasteiger partial charge in [-0.15, -0.1) is 0 Å². The van der Waals surface area contributed by atoms with Crippen molar-refractivity contribution in [3.05, 3.63) is 0 Å². The van der Waals surface area contributed by atoms with Gasteiger partial charge in [0, 0.05) is 24.6 Å². The fraction of sp³-hybridized carbons (Fsp3) is 0.889. The molecular weight excluding hydrogens is 186 g/mol. The van der Waals surface area contributed by atoms with Crippen molar-refractivity contribution >= 4 is 17.7 Å². The molecule has 1 aliphatic heterocycles. The highest BCUT2D eigenvalue weighted by atomic mass is 32.2. The number of thioether (sulfide) groups is 1. The van der Waals surface area contributed by atoms with Crippen LogP contribution in [-0.4, -0.2) is 46.6 Å². The SMILES string of the molecule is CCCC(C(=O)O)N1CCSCC1. The normalized spacial score (nSPS) is 21.3. The molecule has 0 amide bonds. The van der Waals surface area contributed by atoms with Gasteiger partial charge in [-0.05, 0) is 6.42 Å². The molecule has 0 aromatic rings. The number of nitrogens with zero attached hydrogens (tertiary/aromatic N) is 1. The first-order chi connectivity index (χ1) is 6.25. The van der Waals surface area contributed by atoms with Crippen molar-refractivity contribution in [3.8, 4) is 0 Å². The zero-order valence-electron chi connectivity index (χ0n) is 8.03. The first kappa shape index (κ1) is 10.9. The largest absolute Gasteiger partial charge is 0.480 e. The first-order valence-electron chi connectivity index (χ1n) is 4.80. The fourth-order valence-corrected chi connectivity index (χ4v) is 2.56. The summed E-state index contributed by atoms with van der Waals surface area (Å²) < 4.78 is 0. The maximum absolute atomic E-state index is 10.9. The Kier molecular flexibility index (Phi) is 4.59. The molecule has 3 nitrogen and oxygen atoms in total. The van der Waals surface area contributed by atoms with Gasteiger partial charge in [0.1, 0.15) is 6.04 Å². The molecule has 1 atom stereocenters. The Labute approximate surface area is 83.5 Å². The highest BCUT2D eigenvalue weighted by Gasteiger charge is 2.25. The van der Waals surface area contributed by atoms with Gasteiger partial charge in [-0.1, -0.05) is 13.3 Å². The highest BCUT2D eigenvalue weighted by molar-refractivity contribution is 7.99. The quantitative estimate of drug-likeness (QED) is 0.747. The molecule has 0 radical (unpaired) electrons. The number of rotatable bonds is 4. The first-order valence-corrected chi connectivity index (χ1v) is 5.95. The Morgan fingerprint density at radius 2 is 2.15 bits per heavy atom. The monoisotopic (exact) mass is 203 g/mol. The van der Waals surface area contributed by atoms with Crippen LogP contribution in [0.1, 0.15) is 19.8 Å². The number of carbonyl (C=O) groups is 1. The minimum absolute atomic E-state index is 0.245. The fourth-order valence-electron chi connectivity index (χ4n) is 1.62. The minimum atomic E-state index is -0.659. The molecule has 76 valence electrons. The van der Waals surface area contributed by atoms with Crippen LogP contribution in [0.3, 0.4) is 0 Å². The summed E-state index contributed by atoms with van der Waals surface area (Å²) in [6.45, 7) is 3.90. The second-order valence-corrected chi connectivity index (χ2v) is 4.52. The molecule has 1 saturated heterocycles. The second-order valence-electron chi connectivity index (χ2n) is 3.29. The maximum atomic E-state index is 10.9. The summed E-state index contributed by atoms with van der Waals surface area (Å²) in [5.74, 6) is 1.50. The summed E-state index contributed by atoms with van der Waals surface area (Å²) in [6.07, 6.45) is 1.72. The van der Waals surface area contributed by atoms with Gasteiger partial charge in [0.2, 0.25) is 0 Å². The number of hydrogen-bond acceptors (Lipinski definition) is 3. The molecule has 0 aromatic heterocycles. The van der Waals surface area contributed by atoms with E-state index in [1.807, 2.05) is 18.7 Å². The van der Waals surface area contributed by atoms with Gasteiger partial charge >= 0.3 is 5.97 Å². The van der Waals surface area contributed by atoms with Crippen molar-refractivity contribution in [1.29, 1.82) is 0 Å². The second kappa shape index (κ2) is 5.50. The van der Waals surface area contributed by atoms with E-state index in [4.69, 9.17) is 5.11 Å².